The van der Waals surface area contributed by atoms with E-state index in [2.05, 4.69) is 50.5 Å². The van der Waals surface area contributed by atoms with Crippen molar-refractivity contribution in [2.24, 2.45) is 5.92 Å². The van der Waals surface area contributed by atoms with Gasteiger partial charge in [0.25, 0.3) is 5.91 Å². The molecule has 0 bridgehead atoms. The minimum absolute atomic E-state index is 0.0160. The molecule has 0 spiro atoms. The first-order valence-electron chi connectivity index (χ1n) is 14.3. The largest absolute Gasteiger partial charge is 0.369 e. The van der Waals surface area contributed by atoms with Crippen molar-refractivity contribution in [2.45, 2.75) is 63.5 Å². The molecule has 3 fully saturated rings. The lowest BCUT2D eigenvalue weighted by atomic mass is 9.71. The van der Waals surface area contributed by atoms with Crippen LogP contribution in [-0.4, -0.2) is 96.5 Å². The van der Waals surface area contributed by atoms with E-state index in [9.17, 15) is 13.2 Å². The molecule has 0 radical (unpaired) electrons. The fraction of sp³-hybridized carbons (Fsp3) is 0.621. The Morgan fingerprint density at radius 2 is 1.69 bits per heavy atom. The first-order chi connectivity index (χ1) is 18.7. The summed E-state index contributed by atoms with van der Waals surface area (Å²) in [7, 11) is -1.47. The molecule has 9 nitrogen and oxygen atoms in total. The number of benzene rings is 1. The van der Waals surface area contributed by atoms with Gasteiger partial charge in [0.2, 0.25) is 10.0 Å². The van der Waals surface area contributed by atoms with Crippen molar-refractivity contribution in [1.82, 2.24) is 24.1 Å². The second-order valence-corrected chi connectivity index (χ2v) is 13.6. The number of anilines is 1. The number of rotatable bonds is 8. The van der Waals surface area contributed by atoms with Crippen LogP contribution in [0.3, 0.4) is 0 Å². The van der Waals surface area contributed by atoms with E-state index in [0.717, 1.165) is 56.7 Å². The topological polar surface area (TPSA) is 98.7 Å². The normalized spacial score (nSPS) is 23.5. The average Bonchev–Trinajstić information content (AvgIpc) is 2.92. The molecule has 1 aromatic heterocycles. The van der Waals surface area contributed by atoms with Gasteiger partial charge in [-0.3, -0.25) is 4.79 Å². The summed E-state index contributed by atoms with van der Waals surface area (Å²) in [6, 6.07) is 11.2. The third kappa shape index (κ3) is 6.44. The van der Waals surface area contributed by atoms with Gasteiger partial charge in [-0.1, -0.05) is 30.3 Å². The maximum atomic E-state index is 13.4. The van der Waals surface area contributed by atoms with Crippen molar-refractivity contribution < 1.29 is 13.2 Å². The van der Waals surface area contributed by atoms with E-state index in [-0.39, 0.29) is 11.9 Å². The predicted molar refractivity (Wildman–Crippen MR) is 153 cm³/mol. The molecule has 10 heteroatoms. The van der Waals surface area contributed by atoms with Crippen molar-refractivity contribution in [2.75, 3.05) is 51.3 Å². The number of sulfonamides is 1. The molecular formula is C29H42N6O3S. The lowest BCUT2D eigenvalue weighted by molar-refractivity contribution is 0.0542. The minimum Gasteiger partial charge on any atom is -0.369 e. The molecule has 5 rings (SSSR count). The highest BCUT2D eigenvalue weighted by molar-refractivity contribution is 7.88. The van der Waals surface area contributed by atoms with Gasteiger partial charge in [0, 0.05) is 44.3 Å². The maximum absolute atomic E-state index is 13.4. The van der Waals surface area contributed by atoms with E-state index in [4.69, 9.17) is 0 Å². The Kier molecular flexibility index (Phi) is 8.54. The zero-order chi connectivity index (χ0) is 27.6. The molecule has 2 aromatic rings. The van der Waals surface area contributed by atoms with Crippen LogP contribution in [0.25, 0.3) is 0 Å². The molecular weight excluding hydrogens is 512 g/mol. The van der Waals surface area contributed by atoms with Crippen LogP contribution in [0.5, 0.6) is 0 Å². The molecule has 0 atom stereocenters. The summed E-state index contributed by atoms with van der Waals surface area (Å²) in [6.07, 6.45) is 8.69. The van der Waals surface area contributed by atoms with Crippen molar-refractivity contribution in [3.8, 4) is 0 Å². The Balaban J connectivity index is 1.09. The van der Waals surface area contributed by atoms with Gasteiger partial charge in [0.1, 0.15) is 17.8 Å². The van der Waals surface area contributed by atoms with Gasteiger partial charge in [-0.25, -0.2) is 22.7 Å². The van der Waals surface area contributed by atoms with Gasteiger partial charge >= 0.3 is 0 Å². The third-order valence-electron chi connectivity index (χ3n) is 9.16. The molecule has 0 unspecified atom stereocenters. The summed E-state index contributed by atoms with van der Waals surface area (Å²) >= 11 is 0. The highest BCUT2D eigenvalue weighted by Gasteiger charge is 2.34. The monoisotopic (exact) mass is 554 g/mol. The Morgan fingerprint density at radius 1 is 1.03 bits per heavy atom. The van der Waals surface area contributed by atoms with Gasteiger partial charge in [-0.15, -0.1) is 0 Å². The first kappa shape index (κ1) is 28.0. The van der Waals surface area contributed by atoms with Gasteiger partial charge in [0.15, 0.2) is 0 Å². The Bertz CT molecular complexity index is 1230. The van der Waals surface area contributed by atoms with Crippen LogP contribution >= 0.6 is 0 Å². The quantitative estimate of drug-likeness (QED) is 0.534. The van der Waals surface area contributed by atoms with Gasteiger partial charge in [-0.2, -0.15) is 0 Å². The van der Waals surface area contributed by atoms with Crippen LogP contribution in [0.1, 0.15) is 66.1 Å². The number of aromatic nitrogens is 2. The number of likely N-dealkylation sites (tertiary alicyclic amines) is 2. The number of hydrogen-bond donors (Lipinski definition) is 1. The van der Waals surface area contributed by atoms with E-state index in [0.29, 0.717) is 36.7 Å². The second-order valence-electron chi connectivity index (χ2n) is 11.6. The van der Waals surface area contributed by atoms with Gasteiger partial charge in [-0.05, 0) is 75.9 Å². The highest BCUT2D eigenvalue weighted by atomic mass is 32.2. The molecule has 1 aliphatic carbocycles. The number of amides is 1. The maximum Gasteiger partial charge on any atom is 0.272 e. The van der Waals surface area contributed by atoms with Crippen LogP contribution in [0.4, 0.5) is 5.82 Å². The smallest absolute Gasteiger partial charge is 0.272 e. The van der Waals surface area contributed by atoms with Crippen molar-refractivity contribution >= 4 is 21.7 Å². The first-order valence-corrected chi connectivity index (χ1v) is 16.1. The SMILES string of the molecule is Cc1c(NC[C@H]2C[C@@H](c3ccccc3)C2)ncnc1C(=O)N1CCC(N2CCC(N(C)S(C)(=O)=O)CC2)CC1. The van der Waals surface area contributed by atoms with Crippen LogP contribution < -0.4 is 5.32 Å². The second kappa shape index (κ2) is 11.9. The predicted octanol–water partition coefficient (Wildman–Crippen LogP) is 3.35. The van der Waals surface area contributed by atoms with E-state index in [1.54, 1.807) is 7.05 Å². The fourth-order valence-electron chi connectivity index (χ4n) is 6.45. The van der Waals surface area contributed by atoms with Gasteiger partial charge in [0.05, 0.1) is 6.26 Å². The number of carbonyl (C=O) groups excluding carboxylic acids is 1. The van der Waals surface area contributed by atoms with Crippen LogP contribution in [0.15, 0.2) is 36.7 Å². The summed E-state index contributed by atoms with van der Waals surface area (Å²) in [5.41, 5.74) is 2.74. The number of carbonyl (C=O) groups is 1. The lowest BCUT2D eigenvalue weighted by Crippen LogP contribution is -2.52. The van der Waals surface area contributed by atoms with Gasteiger partial charge < -0.3 is 15.1 Å². The Labute approximate surface area is 233 Å². The molecule has 2 saturated heterocycles. The van der Waals surface area contributed by atoms with Crippen LogP contribution in [0.2, 0.25) is 0 Å². The number of hydrogen-bond acceptors (Lipinski definition) is 7. The van der Waals surface area contributed by atoms with Crippen LogP contribution in [-0.2, 0) is 10.0 Å². The Morgan fingerprint density at radius 3 is 2.33 bits per heavy atom. The highest BCUT2D eigenvalue weighted by Crippen LogP contribution is 2.41. The van der Waals surface area contributed by atoms with E-state index >= 15 is 0 Å². The molecule has 1 amide bonds. The lowest BCUT2D eigenvalue weighted by Gasteiger charge is -2.43. The molecule has 1 aromatic carbocycles. The molecule has 3 aliphatic rings. The van der Waals surface area contributed by atoms with Crippen molar-refractivity contribution in [1.29, 1.82) is 0 Å². The molecule has 212 valence electrons. The van der Waals surface area contributed by atoms with Crippen LogP contribution in [0, 0.1) is 12.8 Å². The van der Waals surface area contributed by atoms with Crippen molar-refractivity contribution in [3.63, 3.8) is 0 Å². The summed E-state index contributed by atoms with van der Waals surface area (Å²) < 4.78 is 25.3. The fourth-order valence-corrected chi connectivity index (χ4v) is 7.21. The molecule has 39 heavy (non-hydrogen) atoms. The summed E-state index contributed by atoms with van der Waals surface area (Å²) in [4.78, 5) is 26.6. The Hall–Kier alpha value is -2.56. The minimum atomic E-state index is -3.16. The average molecular weight is 555 g/mol. The summed E-state index contributed by atoms with van der Waals surface area (Å²) in [5, 5.41) is 3.49. The summed E-state index contributed by atoms with van der Waals surface area (Å²) in [6.45, 7) is 6.01. The number of nitrogens with one attached hydrogen (secondary N) is 1. The molecule has 3 heterocycles. The molecule has 2 aliphatic heterocycles. The zero-order valence-corrected chi connectivity index (χ0v) is 24.2. The number of nitrogens with zero attached hydrogens (tertiary/aromatic N) is 5. The third-order valence-corrected chi connectivity index (χ3v) is 10.5. The summed E-state index contributed by atoms with van der Waals surface area (Å²) in [5.74, 6) is 2.00. The molecule has 1 saturated carbocycles. The standard InChI is InChI=1S/C29H42N6O3S/c1-21-27(31-20-32-28(21)30-19-22-17-24(18-22)23-7-5-4-6-8-23)29(36)35-15-11-26(12-16-35)34-13-9-25(10-14-34)33(2)39(3,37)38/h4-8,20,22,24-26H,9-19H2,1-3H3,(H,30,31,32)/t22-,24+. The number of piperidine rings is 2. The van der Waals surface area contributed by atoms with E-state index in [1.807, 2.05) is 11.8 Å². The van der Waals surface area contributed by atoms with Crippen molar-refractivity contribution in [3.05, 3.63) is 53.5 Å². The molecule has 1 N–H and O–H groups in total. The van der Waals surface area contributed by atoms with E-state index < -0.39 is 10.0 Å². The van der Waals surface area contributed by atoms with E-state index in [1.165, 1.54) is 35.3 Å². The zero-order valence-electron chi connectivity index (χ0n) is 23.4.